The average molecular weight is 303 g/mol. The van der Waals surface area contributed by atoms with Gasteiger partial charge in [0.25, 0.3) is 5.91 Å². The molecule has 0 aliphatic heterocycles. The first kappa shape index (κ1) is 15.1. The minimum atomic E-state index is -0.636. The molecule has 0 bridgehead atoms. The number of benzene rings is 2. The molecule has 2 rings (SSSR count). The van der Waals surface area contributed by atoms with Crippen LogP contribution in [0.5, 0.6) is 0 Å². The van der Waals surface area contributed by atoms with Crippen LogP contribution >= 0.6 is 11.6 Å². The lowest BCUT2D eigenvalue weighted by molar-refractivity contribution is 0.0996. The molecular formula is C16H15ClN2O2. The van der Waals surface area contributed by atoms with Crippen LogP contribution in [0.1, 0.15) is 31.8 Å². The van der Waals surface area contributed by atoms with Crippen LogP contribution in [0.2, 0.25) is 5.02 Å². The van der Waals surface area contributed by atoms with Gasteiger partial charge in [-0.3, -0.25) is 9.59 Å². The Labute approximate surface area is 127 Å². The summed E-state index contributed by atoms with van der Waals surface area (Å²) < 4.78 is 0. The van der Waals surface area contributed by atoms with Gasteiger partial charge in [-0.2, -0.15) is 0 Å². The second-order valence-corrected chi connectivity index (χ2v) is 5.24. The molecular weight excluding hydrogens is 288 g/mol. The number of nitrogens with two attached hydrogens (primary N) is 1. The number of hydrogen-bond acceptors (Lipinski definition) is 2. The minimum absolute atomic E-state index is 0.176. The lowest BCUT2D eigenvalue weighted by atomic mass is 10.1. The van der Waals surface area contributed by atoms with Crippen molar-refractivity contribution in [2.75, 3.05) is 5.32 Å². The van der Waals surface area contributed by atoms with Crippen LogP contribution in [0.4, 0.5) is 5.69 Å². The number of nitrogens with one attached hydrogen (secondary N) is 1. The molecule has 2 aromatic carbocycles. The monoisotopic (exact) mass is 302 g/mol. The van der Waals surface area contributed by atoms with Crippen LogP contribution < -0.4 is 11.1 Å². The number of anilines is 1. The highest BCUT2D eigenvalue weighted by Crippen LogP contribution is 2.21. The van der Waals surface area contributed by atoms with Gasteiger partial charge >= 0.3 is 0 Å². The van der Waals surface area contributed by atoms with Gasteiger partial charge in [0.1, 0.15) is 0 Å². The molecule has 2 amide bonds. The van der Waals surface area contributed by atoms with Crippen LogP contribution in [0.3, 0.4) is 0 Å². The molecule has 0 heterocycles. The Morgan fingerprint density at radius 3 is 2.38 bits per heavy atom. The Bertz CT molecular complexity index is 726. The van der Waals surface area contributed by atoms with E-state index in [2.05, 4.69) is 5.32 Å². The lowest BCUT2D eigenvalue weighted by Gasteiger charge is -2.10. The third-order valence-corrected chi connectivity index (χ3v) is 3.45. The molecule has 0 saturated carbocycles. The quantitative estimate of drug-likeness (QED) is 0.913. The maximum absolute atomic E-state index is 12.3. The molecule has 0 spiro atoms. The summed E-state index contributed by atoms with van der Waals surface area (Å²) >= 11 is 5.87. The van der Waals surface area contributed by atoms with Crippen molar-refractivity contribution in [3.8, 4) is 0 Å². The summed E-state index contributed by atoms with van der Waals surface area (Å²) in [6, 6.07) is 10.2. The van der Waals surface area contributed by atoms with Gasteiger partial charge in [0.15, 0.2) is 0 Å². The molecule has 4 nitrogen and oxygen atoms in total. The molecule has 21 heavy (non-hydrogen) atoms. The van der Waals surface area contributed by atoms with E-state index in [1.54, 1.807) is 12.1 Å². The van der Waals surface area contributed by atoms with Gasteiger partial charge in [-0.05, 0) is 43.7 Å². The summed E-state index contributed by atoms with van der Waals surface area (Å²) in [5.74, 6) is -0.882. The summed E-state index contributed by atoms with van der Waals surface area (Å²) in [5.41, 5.74) is 8.43. The van der Waals surface area contributed by atoms with E-state index in [1.165, 1.54) is 12.1 Å². The molecule has 0 radical (unpaired) electrons. The van der Waals surface area contributed by atoms with Crippen molar-refractivity contribution in [2.24, 2.45) is 5.73 Å². The molecule has 0 fully saturated rings. The second-order valence-electron chi connectivity index (χ2n) is 4.83. The fraction of sp³-hybridized carbons (Fsp3) is 0.125. The fourth-order valence-electron chi connectivity index (χ4n) is 2.06. The van der Waals surface area contributed by atoms with E-state index < -0.39 is 5.91 Å². The van der Waals surface area contributed by atoms with Gasteiger partial charge in [-0.25, -0.2) is 0 Å². The number of hydrogen-bond donors (Lipinski definition) is 2. The number of primary amides is 1. The molecule has 3 N–H and O–H groups in total. The zero-order chi connectivity index (χ0) is 15.6. The number of halogens is 1. The minimum Gasteiger partial charge on any atom is -0.366 e. The van der Waals surface area contributed by atoms with Crippen molar-refractivity contribution in [1.82, 2.24) is 0 Å². The summed E-state index contributed by atoms with van der Waals surface area (Å²) in [6.45, 7) is 3.84. The summed E-state index contributed by atoms with van der Waals surface area (Å²) in [5, 5.41) is 2.99. The highest BCUT2D eigenvalue weighted by atomic mass is 35.5. The van der Waals surface area contributed by atoms with Gasteiger partial charge in [-0.1, -0.05) is 29.3 Å². The highest BCUT2D eigenvalue weighted by molar-refractivity contribution is 6.34. The van der Waals surface area contributed by atoms with Crippen molar-refractivity contribution in [2.45, 2.75) is 13.8 Å². The van der Waals surface area contributed by atoms with Gasteiger partial charge in [0, 0.05) is 11.3 Å². The zero-order valence-electron chi connectivity index (χ0n) is 11.7. The van der Waals surface area contributed by atoms with Crippen LogP contribution in [-0.2, 0) is 0 Å². The SMILES string of the molecule is Cc1ccc(C(=O)Nc2ccc(Cl)c(C(N)=O)c2)c(C)c1. The van der Waals surface area contributed by atoms with Gasteiger partial charge in [0.05, 0.1) is 10.6 Å². The average Bonchev–Trinajstić information content (AvgIpc) is 2.40. The molecule has 0 aromatic heterocycles. The smallest absolute Gasteiger partial charge is 0.255 e. The predicted octanol–water partition coefficient (Wildman–Crippen LogP) is 3.31. The first-order valence-corrected chi connectivity index (χ1v) is 6.74. The van der Waals surface area contributed by atoms with Crippen LogP contribution in [-0.4, -0.2) is 11.8 Å². The normalized spacial score (nSPS) is 10.2. The molecule has 0 atom stereocenters. The summed E-state index contributed by atoms with van der Waals surface area (Å²) in [4.78, 5) is 23.5. The van der Waals surface area contributed by atoms with Crippen molar-refractivity contribution >= 4 is 29.1 Å². The number of carbonyl (C=O) groups excluding carboxylic acids is 2. The molecule has 0 saturated heterocycles. The van der Waals surface area contributed by atoms with E-state index in [0.29, 0.717) is 11.3 Å². The first-order valence-electron chi connectivity index (χ1n) is 6.36. The van der Waals surface area contributed by atoms with E-state index in [1.807, 2.05) is 26.0 Å². The zero-order valence-corrected chi connectivity index (χ0v) is 12.5. The van der Waals surface area contributed by atoms with E-state index in [-0.39, 0.29) is 16.5 Å². The van der Waals surface area contributed by atoms with Gasteiger partial charge in [-0.15, -0.1) is 0 Å². The first-order chi connectivity index (χ1) is 9.88. The van der Waals surface area contributed by atoms with Crippen LogP contribution in [0, 0.1) is 13.8 Å². The summed E-state index contributed by atoms with van der Waals surface area (Å²) in [7, 11) is 0. The topological polar surface area (TPSA) is 72.2 Å². The maximum atomic E-state index is 12.3. The summed E-state index contributed by atoms with van der Waals surface area (Å²) in [6.07, 6.45) is 0. The Hall–Kier alpha value is -2.33. The standard InChI is InChI=1S/C16H15ClN2O2/c1-9-3-5-12(10(2)7-9)16(21)19-11-4-6-14(17)13(8-11)15(18)20/h3-8H,1-2H3,(H2,18,20)(H,19,21). The third-order valence-electron chi connectivity index (χ3n) is 3.12. The maximum Gasteiger partial charge on any atom is 0.255 e. The van der Waals surface area contributed by atoms with Gasteiger partial charge in [0.2, 0.25) is 5.91 Å². The Balaban J connectivity index is 2.27. The van der Waals surface area contributed by atoms with E-state index in [4.69, 9.17) is 17.3 Å². The van der Waals surface area contributed by atoms with Crippen LogP contribution in [0.25, 0.3) is 0 Å². The molecule has 0 aliphatic carbocycles. The van der Waals surface area contributed by atoms with Crippen molar-refractivity contribution < 1.29 is 9.59 Å². The number of amides is 2. The molecule has 0 aliphatic rings. The third kappa shape index (κ3) is 3.41. The molecule has 0 unspecified atom stereocenters. The predicted molar refractivity (Wildman–Crippen MR) is 83.8 cm³/mol. The second kappa shape index (κ2) is 5.97. The molecule has 108 valence electrons. The van der Waals surface area contributed by atoms with E-state index >= 15 is 0 Å². The number of aryl methyl sites for hydroxylation is 2. The Morgan fingerprint density at radius 2 is 1.76 bits per heavy atom. The largest absolute Gasteiger partial charge is 0.366 e. The fourth-order valence-corrected chi connectivity index (χ4v) is 2.27. The Kier molecular flexibility index (Phi) is 4.29. The van der Waals surface area contributed by atoms with Crippen molar-refractivity contribution in [3.63, 3.8) is 0 Å². The number of rotatable bonds is 3. The van der Waals surface area contributed by atoms with Crippen molar-refractivity contribution in [3.05, 3.63) is 63.7 Å². The number of carbonyl (C=O) groups is 2. The Morgan fingerprint density at radius 1 is 1.05 bits per heavy atom. The molecule has 2 aromatic rings. The van der Waals surface area contributed by atoms with E-state index in [0.717, 1.165) is 11.1 Å². The van der Waals surface area contributed by atoms with Gasteiger partial charge < -0.3 is 11.1 Å². The van der Waals surface area contributed by atoms with Crippen molar-refractivity contribution in [1.29, 1.82) is 0 Å². The van der Waals surface area contributed by atoms with Crippen LogP contribution in [0.15, 0.2) is 36.4 Å². The molecule has 5 heteroatoms. The van der Waals surface area contributed by atoms with E-state index in [9.17, 15) is 9.59 Å². The highest BCUT2D eigenvalue weighted by Gasteiger charge is 2.12. The lowest BCUT2D eigenvalue weighted by Crippen LogP contribution is -2.15.